The van der Waals surface area contributed by atoms with E-state index in [1.165, 1.54) is 13.5 Å². The molecule has 0 spiro atoms. The molecule has 7 heteroatoms. The smallest absolute Gasteiger partial charge is 0.314 e. The summed E-state index contributed by atoms with van der Waals surface area (Å²) in [5, 5.41) is 1.82. The maximum atomic E-state index is 12.3. The van der Waals surface area contributed by atoms with Gasteiger partial charge in [-0.05, 0) is 48.4 Å². The largest absolute Gasteiger partial charge is 0.493 e. The van der Waals surface area contributed by atoms with Crippen molar-refractivity contribution in [1.29, 1.82) is 0 Å². The van der Waals surface area contributed by atoms with Crippen LogP contribution in [-0.4, -0.2) is 24.2 Å². The fourth-order valence-corrected chi connectivity index (χ4v) is 3.64. The first-order chi connectivity index (χ1) is 12.1. The fourth-order valence-electron chi connectivity index (χ4n) is 2.96. The molecule has 0 bridgehead atoms. The quantitative estimate of drug-likeness (QED) is 0.502. The highest BCUT2D eigenvalue weighted by atomic mass is 32.2. The van der Waals surface area contributed by atoms with Crippen LogP contribution in [0.1, 0.15) is 37.7 Å². The Morgan fingerprint density at radius 2 is 1.96 bits per heavy atom. The van der Waals surface area contributed by atoms with E-state index in [1.807, 2.05) is 0 Å². The molecular formula is C18H19NO5S. The van der Waals surface area contributed by atoms with Crippen molar-refractivity contribution in [2.24, 2.45) is 5.92 Å². The second-order valence-electron chi connectivity index (χ2n) is 6.02. The predicted molar refractivity (Wildman–Crippen MR) is 94.3 cm³/mol. The lowest BCUT2D eigenvalue weighted by atomic mass is 9.89. The summed E-state index contributed by atoms with van der Waals surface area (Å²) in [4.78, 5) is 35.4. The number of methoxy groups -OCH3 is 1. The molecular weight excluding hydrogens is 342 g/mol. The van der Waals surface area contributed by atoms with Crippen LogP contribution in [-0.2, 0) is 9.59 Å². The average Bonchev–Trinajstić information content (AvgIpc) is 2.94. The lowest BCUT2D eigenvalue weighted by Gasteiger charge is -2.20. The third-order valence-electron chi connectivity index (χ3n) is 4.28. The number of thioether (sulfide) groups is 1. The summed E-state index contributed by atoms with van der Waals surface area (Å²) in [7, 11) is 1.49. The van der Waals surface area contributed by atoms with Crippen molar-refractivity contribution in [3.05, 3.63) is 28.7 Å². The summed E-state index contributed by atoms with van der Waals surface area (Å²) >= 11 is 0.851. The summed E-state index contributed by atoms with van der Waals surface area (Å²) in [5.74, 6) is 0.0834. The molecule has 1 heterocycles. The van der Waals surface area contributed by atoms with Gasteiger partial charge in [-0.25, -0.2) is 0 Å². The van der Waals surface area contributed by atoms with Gasteiger partial charge in [0.15, 0.2) is 11.5 Å². The van der Waals surface area contributed by atoms with Crippen LogP contribution in [0.3, 0.4) is 0 Å². The standard InChI is InChI=1S/C18H19NO5S/c1-23-14-9-11(10-15-16(20)19-18(22)25-15)7-8-13(14)24-17(21)12-5-3-2-4-6-12/h7-10,12H,2-6H2,1H3,(H,19,20,22). The fraction of sp³-hybridized carbons (Fsp3) is 0.389. The molecule has 1 saturated carbocycles. The van der Waals surface area contributed by atoms with Gasteiger partial charge >= 0.3 is 5.97 Å². The number of benzene rings is 1. The third kappa shape index (κ3) is 4.22. The Morgan fingerprint density at radius 1 is 1.20 bits per heavy atom. The zero-order chi connectivity index (χ0) is 17.8. The van der Waals surface area contributed by atoms with Crippen LogP contribution in [0.4, 0.5) is 4.79 Å². The lowest BCUT2D eigenvalue weighted by molar-refractivity contribution is -0.140. The molecule has 2 fully saturated rings. The molecule has 1 N–H and O–H groups in total. The van der Waals surface area contributed by atoms with Gasteiger partial charge < -0.3 is 9.47 Å². The van der Waals surface area contributed by atoms with Crippen molar-refractivity contribution in [2.45, 2.75) is 32.1 Å². The van der Waals surface area contributed by atoms with Gasteiger partial charge in [-0.1, -0.05) is 25.3 Å². The van der Waals surface area contributed by atoms with E-state index in [1.54, 1.807) is 24.3 Å². The van der Waals surface area contributed by atoms with Gasteiger partial charge in [-0.3, -0.25) is 19.7 Å². The molecule has 1 aliphatic carbocycles. The van der Waals surface area contributed by atoms with E-state index in [-0.39, 0.29) is 17.1 Å². The Hall–Kier alpha value is -2.28. The molecule has 0 radical (unpaired) electrons. The molecule has 6 nitrogen and oxygen atoms in total. The van der Waals surface area contributed by atoms with Gasteiger partial charge in [0, 0.05) is 0 Å². The number of imide groups is 1. The zero-order valence-corrected chi connectivity index (χ0v) is 14.7. The number of nitrogens with one attached hydrogen (secondary N) is 1. The van der Waals surface area contributed by atoms with E-state index in [0.717, 1.165) is 37.4 Å². The van der Waals surface area contributed by atoms with Gasteiger partial charge in [0.2, 0.25) is 0 Å². The summed E-state index contributed by atoms with van der Waals surface area (Å²) < 4.78 is 10.8. The number of hydrogen-bond donors (Lipinski definition) is 1. The molecule has 1 aromatic carbocycles. The number of amides is 2. The molecule has 1 aliphatic heterocycles. The van der Waals surface area contributed by atoms with E-state index in [0.29, 0.717) is 22.0 Å². The Kier molecular flexibility index (Phi) is 5.43. The zero-order valence-electron chi connectivity index (χ0n) is 13.9. The Morgan fingerprint density at radius 3 is 2.60 bits per heavy atom. The van der Waals surface area contributed by atoms with Crippen LogP contribution in [0, 0.1) is 5.92 Å². The van der Waals surface area contributed by atoms with E-state index in [4.69, 9.17) is 9.47 Å². The van der Waals surface area contributed by atoms with Crippen LogP contribution in [0.5, 0.6) is 11.5 Å². The SMILES string of the molecule is COc1cc(C=C2SC(=O)NC2=O)ccc1OC(=O)C1CCCCC1. The molecule has 0 unspecified atom stereocenters. The number of carbonyl (C=O) groups excluding carboxylic acids is 3. The number of esters is 1. The van der Waals surface area contributed by atoms with Crippen molar-refractivity contribution < 1.29 is 23.9 Å². The molecule has 3 rings (SSSR count). The minimum atomic E-state index is -0.415. The number of ether oxygens (including phenoxy) is 2. The van der Waals surface area contributed by atoms with Crippen molar-refractivity contribution in [1.82, 2.24) is 5.32 Å². The molecule has 2 aliphatic rings. The van der Waals surface area contributed by atoms with Crippen LogP contribution in [0.2, 0.25) is 0 Å². The first-order valence-corrected chi connectivity index (χ1v) is 9.03. The summed E-state index contributed by atoms with van der Waals surface area (Å²) in [6.07, 6.45) is 6.62. The van der Waals surface area contributed by atoms with Crippen LogP contribution in [0.25, 0.3) is 6.08 Å². The molecule has 1 aromatic rings. The van der Waals surface area contributed by atoms with Crippen LogP contribution < -0.4 is 14.8 Å². The van der Waals surface area contributed by atoms with Crippen LogP contribution in [0.15, 0.2) is 23.1 Å². The summed E-state index contributed by atoms with van der Waals surface area (Å²) in [6, 6.07) is 5.04. The number of rotatable bonds is 4. The minimum absolute atomic E-state index is 0.0511. The lowest BCUT2D eigenvalue weighted by Crippen LogP contribution is -2.22. The number of carbonyl (C=O) groups is 3. The van der Waals surface area contributed by atoms with Crippen molar-refractivity contribution >= 4 is 35.0 Å². The maximum Gasteiger partial charge on any atom is 0.314 e. The first kappa shape index (κ1) is 17.5. The highest BCUT2D eigenvalue weighted by molar-refractivity contribution is 8.18. The van der Waals surface area contributed by atoms with Crippen molar-refractivity contribution in [3.63, 3.8) is 0 Å². The van der Waals surface area contributed by atoms with Gasteiger partial charge in [0.25, 0.3) is 11.1 Å². The van der Waals surface area contributed by atoms with Gasteiger partial charge in [0.1, 0.15) is 0 Å². The van der Waals surface area contributed by atoms with Gasteiger partial charge in [-0.15, -0.1) is 0 Å². The Bertz CT molecular complexity index is 737. The monoisotopic (exact) mass is 361 g/mol. The Labute approximate surface area is 149 Å². The molecule has 2 amide bonds. The van der Waals surface area contributed by atoms with E-state index < -0.39 is 5.91 Å². The van der Waals surface area contributed by atoms with Crippen molar-refractivity contribution in [3.8, 4) is 11.5 Å². The van der Waals surface area contributed by atoms with Crippen LogP contribution >= 0.6 is 11.8 Å². The summed E-state index contributed by atoms with van der Waals surface area (Å²) in [5.41, 5.74) is 0.682. The average molecular weight is 361 g/mol. The van der Waals surface area contributed by atoms with Gasteiger partial charge in [-0.2, -0.15) is 0 Å². The normalized spacial score (nSPS) is 19.8. The Balaban J connectivity index is 1.75. The maximum absolute atomic E-state index is 12.3. The van der Waals surface area contributed by atoms with Crippen molar-refractivity contribution in [2.75, 3.05) is 7.11 Å². The highest BCUT2D eigenvalue weighted by Crippen LogP contribution is 2.33. The predicted octanol–water partition coefficient (Wildman–Crippen LogP) is 3.50. The van der Waals surface area contributed by atoms with E-state index in [9.17, 15) is 14.4 Å². The number of hydrogen-bond acceptors (Lipinski definition) is 6. The van der Waals surface area contributed by atoms with E-state index >= 15 is 0 Å². The molecule has 25 heavy (non-hydrogen) atoms. The molecule has 0 atom stereocenters. The highest BCUT2D eigenvalue weighted by Gasteiger charge is 2.26. The summed E-state index contributed by atoms with van der Waals surface area (Å²) in [6.45, 7) is 0. The molecule has 0 aromatic heterocycles. The molecule has 132 valence electrons. The first-order valence-electron chi connectivity index (χ1n) is 8.21. The second kappa shape index (κ2) is 7.74. The topological polar surface area (TPSA) is 81.7 Å². The minimum Gasteiger partial charge on any atom is -0.493 e. The third-order valence-corrected chi connectivity index (χ3v) is 5.09. The molecule has 1 saturated heterocycles. The van der Waals surface area contributed by atoms with E-state index in [2.05, 4.69) is 5.32 Å². The second-order valence-corrected chi connectivity index (χ2v) is 7.03. The van der Waals surface area contributed by atoms with Gasteiger partial charge in [0.05, 0.1) is 17.9 Å².